The summed E-state index contributed by atoms with van der Waals surface area (Å²) in [4.78, 5) is 8.90. The first-order chi connectivity index (χ1) is 16.2. The van der Waals surface area contributed by atoms with E-state index in [0.717, 1.165) is 12.3 Å². The molecule has 1 aliphatic heterocycles. The summed E-state index contributed by atoms with van der Waals surface area (Å²) < 4.78 is 40.8. The molecule has 0 saturated heterocycles. The lowest BCUT2D eigenvalue weighted by atomic mass is 9.88. The summed E-state index contributed by atoms with van der Waals surface area (Å²) in [6, 6.07) is 4.10. The van der Waals surface area contributed by atoms with E-state index in [1.807, 2.05) is 0 Å². The van der Waals surface area contributed by atoms with Crippen molar-refractivity contribution in [2.45, 2.75) is 24.6 Å². The van der Waals surface area contributed by atoms with Crippen molar-refractivity contribution in [1.82, 2.24) is 20.1 Å². The fourth-order valence-corrected chi connectivity index (χ4v) is 4.37. The summed E-state index contributed by atoms with van der Waals surface area (Å²) in [6.45, 7) is -4.46. The van der Waals surface area contributed by atoms with Crippen molar-refractivity contribution in [2.75, 3.05) is 13.2 Å². The average Bonchev–Trinajstić information content (AvgIpc) is 3.51. The van der Waals surface area contributed by atoms with Gasteiger partial charge in [-0.15, -0.1) is 11.3 Å². The monoisotopic (exact) mass is 513 g/mol. The van der Waals surface area contributed by atoms with E-state index in [9.17, 15) is 28.5 Å². The lowest BCUT2D eigenvalue weighted by molar-refractivity contribution is -0.0544. The maximum Gasteiger partial charge on any atom is 0.333 e. The van der Waals surface area contributed by atoms with Crippen LogP contribution in [0.1, 0.15) is 35.3 Å². The van der Waals surface area contributed by atoms with Crippen LogP contribution in [0.2, 0.25) is 5.02 Å². The van der Waals surface area contributed by atoms with Crippen LogP contribution in [0.15, 0.2) is 52.7 Å². The highest BCUT2D eigenvalue weighted by molar-refractivity contribution is 7.11. The van der Waals surface area contributed by atoms with E-state index in [-0.39, 0.29) is 34.2 Å². The van der Waals surface area contributed by atoms with Crippen LogP contribution in [0.4, 0.5) is 13.2 Å². The Labute approximate surface area is 200 Å². The normalized spacial score (nSPS) is 16.7. The molecule has 4 N–H and O–H groups in total. The number of rotatable bonds is 8. The lowest BCUT2D eigenvalue weighted by Crippen LogP contribution is -2.42. The highest BCUT2D eigenvalue weighted by atomic mass is 35.5. The number of aromatic nitrogens is 3. The molecule has 1 aromatic carbocycles. The third-order valence-electron chi connectivity index (χ3n) is 5.20. The van der Waals surface area contributed by atoms with Gasteiger partial charge in [0.2, 0.25) is 0 Å². The minimum absolute atomic E-state index is 0.0406. The van der Waals surface area contributed by atoms with Crippen molar-refractivity contribution in [1.29, 1.82) is 0 Å². The number of alkyl halides is 2. The Kier molecular flexibility index (Phi) is 7.05. The van der Waals surface area contributed by atoms with Crippen LogP contribution in [-0.2, 0) is 0 Å². The molecule has 0 saturated carbocycles. The molecule has 0 unspecified atom stereocenters. The van der Waals surface area contributed by atoms with Crippen molar-refractivity contribution < 1.29 is 28.5 Å². The van der Waals surface area contributed by atoms with Crippen LogP contribution in [0.25, 0.3) is 5.57 Å². The highest BCUT2D eigenvalue weighted by Gasteiger charge is 2.36. The third-order valence-corrected chi connectivity index (χ3v) is 6.30. The minimum atomic E-state index is -2.90. The zero-order valence-electron chi connectivity index (χ0n) is 17.4. The molecule has 1 aliphatic rings. The van der Waals surface area contributed by atoms with Gasteiger partial charge in [0.25, 0.3) is 0 Å². The number of aliphatic hydroxyl groups excluding tert-OH is 2. The van der Waals surface area contributed by atoms with Crippen molar-refractivity contribution in [3.8, 4) is 0 Å². The topological polar surface area (TPSA) is 116 Å². The zero-order chi connectivity index (χ0) is 24.5. The largest absolute Gasteiger partial charge is 0.393 e. The molecule has 34 heavy (non-hydrogen) atoms. The fraction of sp³-hybridized carbons (Fsp3) is 0.286. The summed E-state index contributed by atoms with van der Waals surface area (Å²) in [5.41, 5.74) is -0.992. The standard InChI is InChI=1S/C21H19ClF3N5O3S/c22-13-7-11(23)1-2-12(13)17-16(14-3-5-30(29-14)20(24)25)15(8-21(33,9-31)10-32)27-18(28-17)19-26-4-6-34-19/h1-7,17,20,31-33H,8-10H2,(H,27,28)/t17-/m0/s1. The number of hydrogen-bond donors (Lipinski definition) is 4. The van der Waals surface area contributed by atoms with Crippen LogP contribution in [0, 0.1) is 5.82 Å². The molecule has 0 bridgehead atoms. The Hall–Kier alpha value is -2.77. The SMILES string of the molecule is OCC(O)(CO)CC1=C(c2ccn(C(F)F)n2)[C@H](c2ccc(F)cc2Cl)N=C(c2nccs2)N1. The van der Waals surface area contributed by atoms with E-state index in [1.54, 1.807) is 11.6 Å². The van der Waals surface area contributed by atoms with E-state index in [2.05, 4.69) is 20.4 Å². The van der Waals surface area contributed by atoms with E-state index in [1.165, 1.54) is 29.5 Å². The number of thiazole rings is 1. The number of benzene rings is 1. The summed E-state index contributed by atoms with van der Waals surface area (Å²) in [7, 11) is 0. The second-order valence-electron chi connectivity index (χ2n) is 7.58. The van der Waals surface area contributed by atoms with Crippen LogP contribution < -0.4 is 5.32 Å². The minimum Gasteiger partial charge on any atom is -0.393 e. The number of hydrogen-bond acceptors (Lipinski definition) is 8. The van der Waals surface area contributed by atoms with E-state index in [4.69, 9.17) is 11.6 Å². The van der Waals surface area contributed by atoms with Gasteiger partial charge >= 0.3 is 6.55 Å². The van der Waals surface area contributed by atoms with E-state index in [0.29, 0.717) is 15.3 Å². The molecular formula is C21H19ClF3N5O3S. The molecule has 3 heterocycles. The quantitative estimate of drug-likeness (QED) is 0.368. The third kappa shape index (κ3) is 4.86. The van der Waals surface area contributed by atoms with Gasteiger partial charge in [-0.3, -0.25) is 4.99 Å². The molecule has 3 aromatic rings. The summed E-state index contributed by atoms with van der Waals surface area (Å²) >= 11 is 7.61. The predicted molar refractivity (Wildman–Crippen MR) is 120 cm³/mol. The summed E-state index contributed by atoms with van der Waals surface area (Å²) in [5, 5.41) is 39.2. The molecule has 2 aromatic heterocycles. The van der Waals surface area contributed by atoms with E-state index < -0.39 is 37.2 Å². The van der Waals surface area contributed by atoms with Gasteiger partial charge < -0.3 is 20.6 Å². The first kappa shape index (κ1) is 24.4. The number of halogens is 4. The number of aliphatic hydroxyl groups is 3. The molecule has 1 atom stereocenters. The van der Waals surface area contributed by atoms with Crippen molar-refractivity contribution >= 4 is 34.3 Å². The van der Waals surface area contributed by atoms with Gasteiger partial charge in [-0.05, 0) is 18.2 Å². The Morgan fingerprint density at radius 3 is 2.59 bits per heavy atom. The van der Waals surface area contributed by atoms with Gasteiger partial charge in [0.15, 0.2) is 10.8 Å². The van der Waals surface area contributed by atoms with E-state index >= 15 is 0 Å². The number of aliphatic imine (C=N–C) groups is 1. The van der Waals surface area contributed by atoms with Crippen molar-refractivity contribution in [3.05, 3.63) is 74.8 Å². The Bertz CT molecular complexity index is 1230. The summed E-state index contributed by atoms with van der Waals surface area (Å²) in [6.07, 6.45) is 2.33. The fourth-order valence-electron chi connectivity index (χ4n) is 3.51. The Balaban J connectivity index is 1.94. The van der Waals surface area contributed by atoms with Crippen LogP contribution in [0.5, 0.6) is 0 Å². The molecule has 0 fully saturated rings. The van der Waals surface area contributed by atoms with Gasteiger partial charge in [-0.2, -0.15) is 13.9 Å². The molecule has 180 valence electrons. The zero-order valence-corrected chi connectivity index (χ0v) is 18.9. The second kappa shape index (κ2) is 9.84. The van der Waals surface area contributed by atoms with Gasteiger partial charge in [-0.25, -0.2) is 14.1 Å². The number of nitrogens with zero attached hydrogens (tertiary/aromatic N) is 4. The molecular weight excluding hydrogens is 495 g/mol. The predicted octanol–water partition coefficient (Wildman–Crippen LogP) is 3.14. The van der Waals surface area contributed by atoms with Gasteiger partial charge in [0.1, 0.15) is 17.5 Å². The molecule has 8 nitrogen and oxygen atoms in total. The first-order valence-electron chi connectivity index (χ1n) is 9.95. The number of nitrogens with one attached hydrogen (secondary N) is 1. The Morgan fingerprint density at radius 2 is 2.00 bits per heavy atom. The van der Waals surface area contributed by atoms with Crippen LogP contribution >= 0.6 is 22.9 Å². The molecule has 0 spiro atoms. The van der Waals surface area contributed by atoms with Crippen molar-refractivity contribution in [3.63, 3.8) is 0 Å². The average molecular weight is 514 g/mol. The maximum atomic E-state index is 13.8. The first-order valence-corrected chi connectivity index (χ1v) is 11.2. The number of amidine groups is 1. The lowest BCUT2D eigenvalue weighted by Gasteiger charge is -2.32. The molecule has 0 aliphatic carbocycles. The van der Waals surface area contributed by atoms with Gasteiger partial charge in [-0.1, -0.05) is 17.7 Å². The maximum absolute atomic E-state index is 13.8. The van der Waals surface area contributed by atoms with Crippen LogP contribution in [0.3, 0.4) is 0 Å². The van der Waals surface area contributed by atoms with Crippen LogP contribution in [-0.4, -0.2) is 54.7 Å². The van der Waals surface area contributed by atoms with Gasteiger partial charge in [0, 0.05) is 46.1 Å². The highest BCUT2D eigenvalue weighted by Crippen LogP contribution is 2.42. The smallest absolute Gasteiger partial charge is 0.333 e. The van der Waals surface area contributed by atoms with Gasteiger partial charge in [0.05, 0.1) is 18.9 Å². The molecule has 13 heteroatoms. The molecule has 4 rings (SSSR count). The molecule has 0 amide bonds. The summed E-state index contributed by atoms with van der Waals surface area (Å²) in [5.74, 6) is -0.292. The molecule has 0 radical (unpaired) electrons. The Morgan fingerprint density at radius 1 is 1.24 bits per heavy atom. The van der Waals surface area contributed by atoms with Crippen molar-refractivity contribution in [2.24, 2.45) is 4.99 Å². The second-order valence-corrected chi connectivity index (χ2v) is 8.88.